The van der Waals surface area contributed by atoms with E-state index in [1.54, 1.807) is 0 Å². The molecule has 0 aromatic carbocycles. The Labute approximate surface area is 67.7 Å². The Morgan fingerprint density at radius 1 is 1.45 bits per heavy atom. The maximum absolute atomic E-state index is 2.40. The molecule has 1 heterocycles. The van der Waals surface area contributed by atoms with Gasteiger partial charge >= 0.3 is 0 Å². The van der Waals surface area contributed by atoms with Crippen molar-refractivity contribution in [3.63, 3.8) is 0 Å². The summed E-state index contributed by atoms with van der Waals surface area (Å²) >= 11 is 0. The summed E-state index contributed by atoms with van der Waals surface area (Å²) in [6.07, 6.45) is 10.1. The number of nitrogens with zero attached hydrogens (tertiary/aromatic N) is 1. The van der Waals surface area contributed by atoms with E-state index >= 15 is 0 Å². The first kappa shape index (κ1) is 6.71. The zero-order valence-corrected chi connectivity index (χ0v) is 6.88. The second kappa shape index (κ2) is 2.57. The fraction of sp³-hybridized carbons (Fsp3) is 0.400. The van der Waals surface area contributed by atoms with Crippen LogP contribution in [0.1, 0.15) is 13.3 Å². The molecule has 0 bridgehead atoms. The summed E-state index contributed by atoms with van der Waals surface area (Å²) in [6.45, 7) is 4.43. The maximum atomic E-state index is 2.40. The molecule has 0 saturated carbocycles. The second-order valence-corrected chi connectivity index (χ2v) is 2.93. The predicted molar refractivity (Wildman–Crippen MR) is 47.2 cm³/mol. The van der Waals surface area contributed by atoms with Gasteiger partial charge in [-0.05, 0) is 18.9 Å². The van der Waals surface area contributed by atoms with Gasteiger partial charge in [-0.3, -0.25) is 0 Å². The highest BCUT2D eigenvalue weighted by atomic mass is 15.1. The molecule has 2 rings (SSSR count). The van der Waals surface area contributed by atoms with Crippen molar-refractivity contribution in [3.05, 3.63) is 35.6 Å². The summed E-state index contributed by atoms with van der Waals surface area (Å²) in [5, 5.41) is 0. The molecule has 0 saturated heterocycles. The van der Waals surface area contributed by atoms with Gasteiger partial charge in [0.05, 0.1) is 0 Å². The Bertz CT molecular complexity index is 246. The fourth-order valence-electron chi connectivity index (χ4n) is 1.67. The molecule has 0 aromatic rings. The van der Waals surface area contributed by atoms with Gasteiger partial charge in [-0.25, -0.2) is 0 Å². The lowest BCUT2D eigenvalue weighted by atomic mass is 10.1. The Hall–Kier alpha value is -0.980. The molecule has 0 unspecified atom stereocenters. The third kappa shape index (κ3) is 1.01. The molecule has 1 heteroatoms. The molecule has 1 aliphatic carbocycles. The quantitative estimate of drug-likeness (QED) is 0.549. The number of hydrogen-bond donors (Lipinski definition) is 0. The van der Waals surface area contributed by atoms with E-state index in [9.17, 15) is 0 Å². The molecule has 0 N–H and O–H groups in total. The van der Waals surface area contributed by atoms with Gasteiger partial charge in [-0.15, -0.1) is 0 Å². The van der Waals surface area contributed by atoms with Crippen LogP contribution in [0.5, 0.6) is 0 Å². The Morgan fingerprint density at radius 2 is 2.36 bits per heavy atom. The minimum absolute atomic E-state index is 1.10. The summed E-state index contributed by atoms with van der Waals surface area (Å²) < 4.78 is 0. The number of fused-ring (bicyclic) bond motifs is 1. The Morgan fingerprint density at radius 3 is 3.18 bits per heavy atom. The van der Waals surface area contributed by atoms with Crippen LogP contribution in [0.2, 0.25) is 0 Å². The zero-order valence-electron chi connectivity index (χ0n) is 6.88. The van der Waals surface area contributed by atoms with Crippen molar-refractivity contribution in [2.24, 2.45) is 0 Å². The van der Waals surface area contributed by atoms with E-state index in [0.717, 1.165) is 19.5 Å². The number of hydrogen-bond acceptors (Lipinski definition) is 1. The number of allylic oxidation sites excluding steroid dienone is 3. The monoisotopic (exact) mass is 147 g/mol. The summed E-state index contributed by atoms with van der Waals surface area (Å²) in [7, 11) is 0. The zero-order chi connectivity index (χ0) is 7.68. The summed E-state index contributed by atoms with van der Waals surface area (Å²) in [4.78, 5) is 2.40. The van der Waals surface area contributed by atoms with E-state index in [0.29, 0.717) is 0 Å². The molecular formula is C10H13N. The van der Waals surface area contributed by atoms with E-state index in [4.69, 9.17) is 0 Å². The van der Waals surface area contributed by atoms with E-state index in [-0.39, 0.29) is 0 Å². The fourth-order valence-corrected chi connectivity index (χ4v) is 1.67. The number of rotatable bonds is 1. The lowest BCUT2D eigenvalue weighted by Gasteiger charge is -2.20. The summed E-state index contributed by atoms with van der Waals surface area (Å²) in [5.41, 5.74) is 2.85. The normalized spacial score (nSPS) is 21.4. The molecule has 58 valence electrons. The minimum Gasteiger partial charge on any atom is -0.368 e. The predicted octanol–water partition coefficient (Wildman–Crippen LogP) is 2.09. The third-order valence-corrected chi connectivity index (χ3v) is 2.29. The molecule has 0 radical (unpaired) electrons. The van der Waals surface area contributed by atoms with Crippen LogP contribution in [0.15, 0.2) is 35.6 Å². The summed E-state index contributed by atoms with van der Waals surface area (Å²) in [5.74, 6) is 0. The van der Waals surface area contributed by atoms with Crippen molar-refractivity contribution in [2.45, 2.75) is 13.3 Å². The molecule has 0 fully saturated rings. The molecule has 0 aromatic heterocycles. The van der Waals surface area contributed by atoms with Crippen LogP contribution in [-0.4, -0.2) is 18.0 Å². The largest absolute Gasteiger partial charge is 0.368 e. The lowest BCUT2D eigenvalue weighted by molar-refractivity contribution is 0.427. The van der Waals surface area contributed by atoms with Gasteiger partial charge in [0, 0.05) is 18.8 Å². The van der Waals surface area contributed by atoms with Crippen LogP contribution in [-0.2, 0) is 0 Å². The average molecular weight is 147 g/mol. The van der Waals surface area contributed by atoms with Crippen LogP contribution < -0.4 is 0 Å². The van der Waals surface area contributed by atoms with Crippen LogP contribution in [0.25, 0.3) is 0 Å². The van der Waals surface area contributed by atoms with E-state index in [1.165, 1.54) is 11.3 Å². The van der Waals surface area contributed by atoms with Crippen molar-refractivity contribution in [1.29, 1.82) is 0 Å². The van der Waals surface area contributed by atoms with Gasteiger partial charge in [0.1, 0.15) is 0 Å². The first-order valence-electron chi connectivity index (χ1n) is 4.24. The van der Waals surface area contributed by atoms with Gasteiger partial charge in [0.2, 0.25) is 0 Å². The molecule has 11 heavy (non-hydrogen) atoms. The van der Waals surface area contributed by atoms with Crippen molar-refractivity contribution in [3.8, 4) is 0 Å². The summed E-state index contributed by atoms with van der Waals surface area (Å²) in [6, 6.07) is 0. The van der Waals surface area contributed by atoms with Crippen LogP contribution in [0.3, 0.4) is 0 Å². The highest BCUT2D eigenvalue weighted by Crippen LogP contribution is 2.26. The molecular weight excluding hydrogens is 134 g/mol. The smallest absolute Gasteiger partial charge is 0.0402 e. The van der Waals surface area contributed by atoms with E-state index in [1.807, 2.05) is 0 Å². The first-order chi connectivity index (χ1) is 5.42. The van der Waals surface area contributed by atoms with Gasteiger partial charge in [-0.1, -0.05) is 24.3 Å². The van der Waals surface area contributed by atoms with Gasteiger partial charge in [-0.2, -0.15) is 0 Å². The minimum atomic E-state index is 1.10. The molecule has 1 nitrogen and oxygen atoms in total. The molecule has 0 atom stereocenters. The number of likely N-dealkylation sites (N-methyl/N-ethyl adjacent to an activating group) is 1. The maximum Gasteiger partial charge on any atom is 0.0402 e. The van der Waals surface area contributed by atoms with Crippen molar-refractivity contribution in [1.82, 2.24) is 4.90 Å². The lowest BCUT2D eigenvalue weighted by Crippen LogP contribution is -2.18. The van der Waals surface area contributed by atoms with E-state index in [2.05, 4.69) is 36.1 Å². The topological polar surface area (TPSA) is 3.24 Å². The highest BCUT2D eigenvalue weighted by Gasteiger charge is 2.16. The van der Waals surface area contributed by atoms with Crippen molar-refractivity contribution in [2.75, 3.05) is 13.1 Å². The van der Waals surface area contributed by atoms with Crippen LogP contribution >= 0.6 is 0 Å². The first-order valence-corrected chi connectivity index (χ1v) is 4.24. The van der Waals surface area contributed by atoms with E-state index < -0.39 is 0 Å². The average Bonchev–Trinajstić information content (AvgIpc) is 2.47. The SMILES string of the molecule is CCN1CC=C2C=CCC=C21. The Kier molecular flexibility index (Phi) is 1.57. The molecule has 0 spiro atoms. The molecule has 1 aliphatic heterocycles. The van der Waals surface area contributed by atoms with Crippen molar-refractivity contribution >= 4 is 0 Å². The van der Waals surface area contributed by atoms with Crippen LogP contribution in [0, 0.1) is 0 Å². The molecule has 2 aliphatic rings. The van der Waals surface area contributed by atoms with Gasteiger partial charge in [0.15, 0.2) is 0 Å². The molecule has 0 amide bonds. The second-order valence-electron chi connectivity index (χ2n) is 2.93. The highest BCUT2D eigenvalue weighted by molar-refractivity contribution is 5.45. The van der Waals surface area contributed by atoms with Crippen molar-refractivity contribution < 1.29 is 0 Å². The van der Waals surface area contributed by atoms with Gasteiger partial charge < -0.3 is 4.90 Å². The standard InChI is InChI=1S/C10H13N/c1-2-11-8-7-9-5-3-4-6-10(9)11/h3,5-7H,2,4,8H2,1H3. The Balaban J connectivity index is 2.25. The van der Waals surface area contributed by atoms with Crippen LogP contribution in [0.4, 0.5) is 0 Å². The third-order valence-electron chi connectivity index (χ3n) is 2.29. The van der Waals surface area contributed by atoms with Gasteiger partial charge in [0.25, 0.3) is 0 Å².